The van der Waals surface area contributed by atoms with E-state index in [4.69, 9.17) is 4.74 Å². The largest absolute Gasteiger partial charge is 0.373 e. The molecule has 0 aromatic carbocycles. The fraction of sp³-hybridized carbons (Fsp3) is 0.941. The van der Waals surface area contributed by atoms with Crippen LogP contribution in [0.15, 0.2) is 4.99 Å². The van der Waals surface area contributed by atoms with E-state index in [0.29, 0.717) is 18.2 Å². The predicted molar refractivity (Wildman–Crippen MR) is 104 cm³/mol. The highest BCUT2D eigenvalue weighted by molar-refractivity contribution is 14.0. The van der Waals surface area contributed by atoms with Crippen LogP contribution in [0, 0.1) is 5.92 Å². The lowest BCUT2D eigenvalue weighted by atomic mass is 9.96. The second-order valence-electron chi connectivity index (χ2n) is 6.96. The number of nitrogens with zero attached hydrogens (tertiary/aromatic N) is 1. The lowest BCUT2D eigenvalue weighted by molar-refractivity contribution is 0.0992. The minimum absolute atomic E-state index is 0. The van der Waals surface area contributed by atoms with Crippen molar-refractivity contribution in [2.45, 2.75) is 83.5 Å². The van der Waals surface area contributed by atoms with Gasteiger partial charge in [-0.1, -0.05) is 39.5 Å². The van der Waals surface area contributed by atoms with Crippen LogP contribution in [-0.2, 0) is 4.74 Å². The molecule has 4 nitrogen and oxygen atoms in total. The van der Waals surface area contributed by atoms with Gasteiger partial charge in [0.2, 0.25) is 0 Å². The van der Waals surface area contributed by atoms with Crippen LogP contribution in [0.1, 0.15) is 65.2 Å². The molecule has 22 heavy (non-hydrogen) atoms. The van der Waals surface area contributed by atoms with E-state index in [0.717, 1.165) is 24.8 Å². The van der Waals surface area contributed by atoms with Crippen LogP contribution in [0.25, 0.3) is 0 Å². The standard InChI is InChI=1S/C17H33N3O.HI/c1-13(2)8-6-4-5-7-11-19-17(18-3)20-15-12-14-9-10-16(15)21-14;/h13-16H,4-12H2,1-3H3,(H2,18,19,20);1H. The minimum atomic E-state index is 0. The van der Waals surface area contributed by atoms with Crippen molar-refractivity contribution in [3.05, 3.63) is 0 Å². The summed E-state index contributed by atoms with van der Waals surface area (Å²) in [5, 5.41) is 6.97. The maximum Gasteiger partial charge on any atom is 0.191 e. The van der Waals surface area contributed by atoms with Crippen molar-refractivity contribution in [2.75, 3.05) is 13.6 Å². The molecule has 5 heteroatoms. The van der Waals surface area contributed by atoms with E-state index in [1.807, 2.05) is 7.05 Å². The Labute approximate surface area is 153 Å². The van der Waals surface area contributed by atoms with Gasteiger partial charge in [-0.2, -0.15) is 0 Å². The summed E-state index contributed by atoms with van der Waals surface area (Å²) in [4.78, 5) is 4.33. The highest BCUT2D eigenvalue weighted by Gasteiger charge is 2.40. The van der Waals surface area contributed by atoms with E-state index in [1.54, 1.807) is 0 Å². The molecule has 2 bridgehead atoms. The van der Waals surface area contributed by atoms with Gasteiger partial charge in [0.25, 0.3) is 0 Å². The quantitative estimate of drug-likeness (QED) is 0.271. The van der Waals surface area contributed by atoms with E-state index in [2.05, 4.69) is 29.5 Å². The number of hydrogen-bond acceptors (Lipinski definition) is 2. The van der Waals surface area contributed by atoms with Crippen LogP contribution >= 0.6 is 24.0 Å². The number of halogens is 1. The smallest absolute Gasteiger partial charge is 0.191 e. The van der Waals surface area contributed by atoms with E-state index < -0.39 is 0 Å². The van der Waals surface area contributed by atoms with E-state index in [9.17, 15) is 0 Å². The van der Waals surface area contributed by atoms with Gasteiger partial charge >= 0.3 is 0 Å². The van der Waals surface area contributed by atoms with E-state index in [-0.39, 0.29) is 24.0 Å². The Kier molecular flexibility index (Phi) is 9.71. The average Bonchev–Trinajstić information content (AvgIpc) is 3.07. The predicted octanol–water partition coefficient (Wildman–Crippen LogP) is 3.70. The monoisotopic (exact) mass is 423 g/mol. The number of fused-ring (bicyclic) bond motifs is 2. The Bertz CT molecular complexity index is 336. The topological polar surface area (TPSA) is 45.7 Å². The molecule has 130 valence electrons. The normalized spacial score (nSPS) is 27.1. The summed E-state index contributed by atoms with van der Waals surface area (Å²) >= 11 is 0. The summed E-state index contributed by atoms with van der Waals surface area (Å²) in [6.45, 7) is 5.62. The van der Waals surface area contributed by atoms with Crippen LogP contribution in [0.2, 0.25) is 0 Å². The van der Waals surface area contributed by atoms with Gasteiger partial charge in [0.1, 0.15) is 0 Å². The van der Waals surface area contributed by atoms with Gasteiger partial charge in [-0.15, -0.1) is 24.0 Å². The summed E-state index contributed by atoms with van der Waals surface area (Å²) in [6.07, 6.45) is 11.1. The van der Waals surface area contributed by atoms with Crippen molar-refractivity contribution in [3.8, 4) is 0 Å². The molecule has 2 aliphatic heterocycles. The summed E-state index contributed by atoms with van der Waals surface area (Å²) in [7, 11) is 1.85. The third kappa shape index (κ3) is 6.60. The van der Waals surface area contributed by atoms with Crippen molar-refractivity contribution < 1.29 is 4.74 Å². The summed E-state index contributed by atoms with van der Waals surface area (Å²) in [6, 6.07) is 0.459. The molecule has 3 unspecified atom stereocenters. The molecule has 3 atom stereocenters. The van der Waals surface area contributed by atoms with Crippen LogP contribution in [-0.4, -0.2) is 37.8 Å². The van der Waals surface area contributed by atoms with Gasteiger partial charge in [-0.3, -0.25) is 4.99 Å². The molecule has 0 radical (unpaired) electrons. The number of aliphatic imine (C=N–C) groups is 1. The molecule has 0 aromatic rings. The molecule has 0 amide bonds. The number of unbranched alkanes of at least 4 members (excludes halogenated alkanes) is 3. The van der Waals surface area contributed by atoms with Gasteiger partial charge in [-0.05, 0) is 31.6 Å². The van der Waals surface area contributed by atoms with Gasteiger partial charge in [0.05, 0.1) is 18.2 Å². The number of guanidine groups is 1. The maximum absolute atomic E-state index is 5.87. The zero-order valence-corrected chi connectivity index (χ0v) is 16.8. The minimum Gasteiger partial charge on any atom is -0.373 e. The molecular formula is C17H34IN3O. The molecule has 0 aromatic heterocycles. The van der Waals surface area contributed by atoms with Crippen molar-refractivity contribution in [3.63, 3.8) is 0 Å². The number of ether oxygens (including phenoxy) is 1. The van der Waals surface area contributed by atoms with Crippen LogP contribution in [0.4, 0.5) is 0 Å². The van der Waals surface area contributed by atoms with Gasteiger partial charge in [0.15, 0.2) is 5.96 Å². The van der Waals surface area contributed by atoms with E-state index in [1.165, 1.54) is 44.9 Å². The van der Waals surface area contributed by atoms with E-state index >= 15 is 0 Å². The zero-order valence-electron chi connectivity index (χ0n) is 14.4. The van der Waals surface area contributed by atoms with Crippen LogP contribution in [0.3, 0.4) is 0 Å². The van der Waals surface area contributed by atoms with Crippen molar-refractivity contribution in [2.24, 2.45) is 10.9 Å². The van der Waals surface area contributed by atoms with Gasteiger partial charge < -0.3 is 15.4 Å². The van der Waals surface area contributed by atoms with Crippen LogP contribution in [0.5, 0.6) is 0 Å². The highest BCUT2D eigenvalue weighted by atomic mass is 127. The molecule has 0 aliphatic carbocycles. The molecule has 2 N–H and O–H groups in total. The van der Waals surface area contributed by atoms with Crippen LogP contribution < -0.4 is 10.6 Å². The molecule has 2 saturated heterocycles. The second kappa shape index (κ2) is 10.7. The van der Waals surface area contributed by atoms with Gasteiger partial charge in [0, 0.05) is 13.6 Å². The average molecular weight is 423 g/mol. The van der Waals surface area contributed by atoms with Gasteiger partial charge in [-0.25, -0.2) is 0 Å². The number of hydrogen-bond donors (Lipinski definition) is 2. The Hall–Kier alpha value is -0.0400. The fourth-order valence-corrected chi connectivity index (χ4v) is 3.40. The SMILES string of the molecule is CN=C(NCCCCCCC(C)C)NC1CC2CCC1O2.I. The fourth-order valence-electron chi connectivity index (χ4n) is 3.40. The summed E-state index contributed by atoms with van der Waals surface area (Å²) in [5.74, 6) is 1.79. The summed E-state index contributed by atoms with van der Waals surface area (Å²) in [5.41, 5.74) is 0. The molecule has 2 heterocycles. The number of nitrogens with one attached hydrogen (secondary N) is 2. The second-order valence-corrected chi connectivity index (χ2v) is 6.96. The molecular weight excluding hydrogens is 389 g/mol. The first-order chi connectivity index (χ1) is 10.2. The third-order valence-electron chi connectivity index (χ3n) is 4.65. The lowest BCUT2D eigenvalue weighted by Gasteiger charge is -2.22. The molecule has 2 rings (SSSR count). The van der Waals surface area contributed by atoms with Crippen molar-refractivity contribution >= 4 is 29.9 Å². The zero-order chi connectivity index (χ0) is 15.1. The first-order valence-corrected chi connectivity index (χ1v) is 8.81. The Balaban J connectivity index is 0.00000242. The Morgan fingerprint density at radius 2 is 1.95 bits per heavy atom. The first-order valence-electron chi connectivity index (χ1n) is 8.81. The highest BCUT2D eigenvalue weighted by Crippen LogP contribution is 2.34. The lowest BCUT2D eigenvalue weighted by Crippen LogP contribution is -2.47. The van der Waals surface area contributed by atoms with Crippen molar-refractivity contribution in [1.82, 2.24) is 10.6 Å². The molecule has 0 saturated carbocycles. The molecule has 2 fully saturated rings. The first kappa shape index (κ1) is 20.0. The number of rotatable bonds is 8. The third-order valence-corrected chi connectivity index (χ3v) is 4.65. The summed E-state index contributed by atoms with van der Waals surface area (Å²) < 4.78 is 5.87. The maximum atomic E-state index is 5.87. The van der Waals surface area contributed by atoms with Crippen molar-refractivity contribution in [1.29, 1.82) is 0 Å². The molecule has 2 aliphatic rings. The Morgan fingerprint density at radius 3 is 2.55 bits per heavy atom. The molecule has 0 spiro atoms. The Morgan fingerprint density at radius 1 is 1.18 bits per heavy atom.